The van der Waals surface area contributed by atoms with E-state index in [0.29, 0.717) is 6.61 Å². The van der Waals surface area contributed by atoms with Crippen LogP contribution in [0.3, 0.4) is 0 Å². The molecule has 0 spiro atoms. The number of anilines is 1. The van der Waals surface area contributed by atoms with Crippen molar-refractivity contribution in [3.8, 4) is 0 Å². The number of hydrogen-bond donors (Lipinski definition) is 1. The molecule has 0 amide bonds. The summed E-state index contributed by atoms with van der Waals surface area (Å²) in [5.74, 6) is -0.252. The third kappa shape index (κ3) is 1.89. The molecular weight excluding hydrogens is 218 g/mol. The Balaban J connectivity index is 1.85. The number of hydrogen-bond acceptors (Lipinski definition) is 4. The normalized spacial score (nSPS) is 30.1. The van der Waals surface area contributed by atoms with Gasteiger partial charge in [0.05, 0.1) is 18.8 Å². The van der Waals surface area contributed by atoms with E-state index in [-0.39, 0.29) is 24.2 Å². The molecule has 4 nitrogen and oxygen atoms in total. The van der Waals surface area contributed by atoms with Crippen LogP contribution in [0.1, 0.15) is 25.0 Å². The Morgan fingerprint density at radius 3 is 3.12 bits per heavy atom. The number of carbonyl (C=O) groups is 1. The van der Waals surface area contributed by atoms with E-state index in [1.54, 1.807) is 0 Å². The quantitative estimate of drug-likeness (QED) is 0.752. The Morgan fingerprint density at radius 1 is 1.47 bits per heavy atom. The van der Waals surface area contributed by atoms with Gasteiger partial charge in [-0.3, -0.25) is 4.79 Å². The molecule has 17 heavy (non-hydrogen) atoms. The molecule has 3 rings (SSSR count). The Labute approximate surface area is 99.9 Å². The van der Waals surface area contributed by atoms with Gasteiger partial charge < -0.3 is 14.8 Å². The van der Waals surface area contributed by atoms with E-state index < -0.39 is 0 Å². The molecule has 0 radical (unpaired) electrons. The van der Waals surface area contributed by atoms with Crippen molar-refractivity contribution in [3.63, 3.8) is 0 Å². The molecule has 3 atom stereocenters. The predicted octanol–water partition coefficient (Wildman–Crippen LogP) is 1.87. The van der Waals surface area contributed by atoms with Gasteiger partial charge in [-0.2, -0.15) is 0 Å². The van der Waals surface area contributed by atoms with Crippen LogP contribution in [-0.4, -0.2) is 24.7 Å². The highest BCUT2D eigenvalue weighted by atomic mass is 16.6. The zero-order valence-electron chi connectivity index (χ0n) is 9.68. The second-order valence-electron chi connectivity index (χ2n) is 4.54. The lowest BCUT2D eigenvalue weighted by atomic mass is 9.90. The van der Waals surface area contributed by atoms with Crippen LogP contribution in [0.4, 0.5) is 5.69 Å². The zero-order valence-corrected chi connectivity index (χ0v) is 9.68. The minimum absolute atomic E-state index is 0.129. The van der Waals surface area contributed by atoms with Crippen LogP contribution in [0.2, 0.25) is 0 Å². The van der Waals surface area contributed by atoms with E-state index in [2.05, 4.69) is 11.4 Å². The lowest BCUT2D eigenvalue weighted by molar-refractivity contribution is -0.158. The molecule has 2 heterocycles. The van der Waals surface area contributed by atoms with Crippen LogP contribution in [0.25, 0.3) is 0 Å². The van der Waals surface area contributed by atoms with Crippen molar-refractivity contribution in [2.45, 2.75) is 31.6 Å². The van der Waals surface area contributed by atoms with Crippen molar-refractivity contribution >= 4 is 11.7 Å². The lowest BCUT2D eigenvalue weighted by Gasteiger charge is -2.41. The number of nitrogens with one attached hydrogen (secondary N) is 1. The van der Waals surface area contributed by atoms with Gasteiger partial charge in [0.2, 0.25) is 0 Å². The molecule has 0 aromatic heterocycles. The van der Waals surface area contributed by atoms with Gasteiger partial charge in [0.15, 0.2) is 0 Å². The molecular formula is C13H15NO3. The summed E-state index contributed by atoms with van der Waals surface area (Å²) in [6.07, 6.45) is 0.802. The fourth-order valence-corrected chi connectivity index (χ4v) is 2.58. The van der Waals surface area contributed by atoms with Crippen LogP contribution < -0.4 is 5.32 Å². The number of benzene rings is 1. The highest BCUT2D eigenvalue weighted by Crippen LogP contribution is 2.39. The number of esters is 1. The summed E-state index contributed by atoms with van der Waals surface area (Å²) in [5, 5.41) is 3.43. The van der Waals surface area contributed by atoms with Crippen LogP contribution in [-0.2, 0) is 14.3 Å². The molecule has 2 aliphatic heterocycles. The summed E-state index contributed by atoms with van der Waals surface area (Å²) in [6, 6.07) is 8.28. The van der Waals surface area contributed by atoms with Gasteiger partial charge in [-0.15, -0.1) is 0 Å². The zero-order chi connectivity index (χ0) is 11.8. The van der Waals surface area contributed by atoms with E-state index in [0.717, 1.165) is 12.1 Å². The van der Waals surface area contributed by atoms with Crippen LogP contribution in [0.15, 0.2) is 24.3 Å². The first-order valence-corrected chi connectivity index (χ1v) is 5.88. The third-order valence-electron chi connectivity index (χ3n) is 3.34. The van der Waals surface area contributed by atoms with Crippen LogP contribution in [0, 0.1) is 0 Å². The summed E-state index contributed by atoms with van der Waals surface area (Å²) in [4.78, 5) is 11.0. The molecule has 0 unspecified atom stereocenters. The number of rotatable bonds is 1. The molecule has 2 aliphatic rings. The van der Waals surface area contributed by atoms with Crippen molar-refractivity contribution in [2.75, 3.05) is 11.9 Å². The SMILES string of the molecule is CC(=O)O[C@H]1CO[C@@H]2C[C@H]1Nc1ccccc12. The maximum absolute atomic E-state index is 11.0. The highest BCUT2D eigenvalue weighted by Gasteiger charge is 2.38. The first-order chi connectivity index (χ1) is 8.24. The summed E-state index contributed by atoms with van der Waals surface area (Å²) >= 11 is 0. The highest BCUT2D eigenvalue weighted by molar-refractivity contribution is 5.66. The fraction of sp³-hybridized carbons (Fsp3) is 0.462. The molecule has 1 aromatic rings. The molecule has 0 saturated carbocycles. The van der Waals surface area contributed by atoms with Gasteiger partial charge in [-0.1, -0.05) is 18.2 Å². The van der Waals surface area contributed by atoms with Gasteiger partial charge in [0.25, 0.3) is 0 Å². The molecule has 90 valence electrons. The lowest BCUT2D eigenvalue weighted by Crippen LogP contribution is -2.48. The molecule has 1 N–H and O–H groups in total. The monoisotopic (exact) mass is 233 g/mol. The average molecular weight is 233 g/mol. The number of carbonyl (C=O) groups excluding carboxylic acids is 1. The Hall–Kier alpha value is -1.55. The maximum Gasteiger partial charge on any atom is 0.303 e. The predicted molar refractivity (Wildman–Crippen MR) is 62.7 cm³/mol. The first-order valence-electron chi connectivity index (χ1n) is 5.88. The minimum Gasteiger partial charge on any atom is -0.458 e. The van der Waals surface area contributed by atoms with E-state index in [1.165, 1.54) is 12.5 Å². The summed E-state index contributed by atoms with van der Waals surface area (Å²) in [5.41, 5.74) is 2.29. The van der Waals surface area contributed by atoms with E-state index in [4.69, 9.17) is 9.47 Å². The molecule has 1 aromatic carbocycles. The van der Waals surface area contributed by atoms with Gasteiger partial charge in [-0.25, -0.2) is 0 Å². The second-order valence-corrected chi connectivity index (χ2v) is 4.54. The van der Waals surface area contributed by atoms with E-state index in [1.807, 2.05) is 18.2 Å². The maximum atomic E-state index is 11.0. The Kier molecular flexibility index (Phi) is 2.52. The first kappa shape index (κ1) is 10.6. The minimum atomic E-state index is -0.252. The standard InChI is InChI=1S/C13H15NO3/c1-8(15)17-13-7-16-12-6-11(13)14-10-5-3-2-4-9(10)12/h2-5,11-14H,6-7H2,1H3/t11-,12-,13+/m1/s1. The topological polar surface area (TPSA) is 47.6 Å². The summed E-state index contributed by atoms with van der Waals surface area (Å²) < 4.78 is 11.0. The van der Waals surface area contributed by atoms with E-state index >= 15 is 0 Å². The van der Waals surface area contributed by atoms with Crippen molar-refractivity contribution in [1.82, 2.24) is 0 Å². The Morgan fingerprint density at radius 2 is 2.29 bits per heavy atom. The largest absolute Gasteiger partial charge is 0.458 e. The van der Waals surface area contributed by atoms with E-state index in [9.17, 15) is 4.79 Å². The van der Waals surface area contributed by atoms with Gasteiger partial charge in [-0.05, 0) is 6.07 Å². The van der Waals surface area contributed by atoms with Gasteiger partial charge in [0.1, 0.15) is 6.10 Å². The molecule has 0 aliphatic carbocycles. The number of fused-ring (bicyclic) bond motifs is 4. The number of para-hydroxylation sites is 1. The van der Waals surface area contributed by atoms with Crippen molar-refractivity contribution < 1.29 is 14.3 Å². The molecule has 1 saturated heterocycles. The van der Waals surface area contributed by atoms with Crippen LogP contribution >= 0.6 is 0 Å². The molecule has 1 fully saturated rings. The van der Waals surface area contributed by atoms with Crippen molar-refractivity contribution in [3.05, 3.63) is 29.8 Å². The number of ether oxygens (including phenoxy) is 2. The van der Waals surface area contributed by atoms with Gasteiger partial charge in [0, 0.05) is 24.6 Å². The molecule has 4 heteroatoms. The third-order valence-corrected chi connectivity index (χ3v) is 3.34. The van der Waals surface area contributed by atoms with Crippen molar-refractivity contribution in [1.29, 1.82) is 0 Å². The van der Waals surface area contributed by atoms with Crippen LogP contribution in [0.5, 0.6) is 0 Å². The smallest absolute Gasteiger partial charge is 0.303 e. The second kappa shape index (κ2) is 4.04. The summed E-state index contributed by atoms with van der Waals surface area (Å²) in [6.45, 7) is 1.90. The van der Waals surface area contributed by atoms with Gasteiger partial charge >= 0.3 is 5.97 Å². The average Bonchev–Trinajstić information content (AvgIpc) is 2.32. The van der Waals surface area contributed by atoms with Crippen molar-refractivity contribution in [2.24, 2.45) is 0 Å². The summed E-state index contributed by atoms with van der Waals surface area (Å²) in [7, 11) is 0. The fourth-order valence-electron chi connectivity index (χ4n) is 2.58. The molecule has 2 bridgehead atoms. The Bertz CT molecular complexity index is 446.